The van der Waals surface area contributed by atoms with E-state index in [0.29, 0.717) is 5.41 Å². The fraction of sp³-hybridized carbons (Fsp3) is 1.00. The SMILES string of the molecule is CC(C)(C)NCC1(C2CCC2)CCOCC1. The van der Waals surface area contributed by atoms with Crippen LogP contribution < -0.4 is 5.32 Å². The summed E-state index contributed by atoms with van der Waals surface area (Å²) in [7, 11) is 0. The minimum atomic E-state index is 0.245. The van der Waals surface area contributed by atoms with Crippen LogP contribution in [0.5, 0.6) is 0 Å². The molecule has 1 aliphatic heterocycles. The zero-order chi connectivity index (χ0) is 11.6. The van der Waals surface area contributed by atoms with Gasteiger partial charge in [0, 0.05) is 25.3 Å². The third-order valence-electron chi connectivity index (χ3n) is 4.43. The average Bonchev–Trinajstić information content (AvgIpc) is 2.13. The zero-order valence-corrected chi connectivity index (χ0v) is 11.1. The maximum Gasteiger partial charge on any atom is 0.0471 e. The largest absolute Gasteiger partial charge is 0.381 e. The van der Waals surface area contributed by atoms with Gasteiger partial charge in [-0.1, -0.05) is 6.42 Å². The number of hydrogen-bond donors (Lipinski definition) is 1. The molecule has 2 nitrogen and oxygen atoms in total. The minimum Gasteiger partial charge on any atom is -0.381 e. The fourth-order valence-electron chi connectivity index (χ4n) is 2.97. The van der Waals surface area contributed by atoms with Gasteiger partial charge in [0.05, 0.1) is 0 Å². The van der Waals surface area contributed by atoms with Gasteiger partial charge in [-0.25, -0.2) is 0 Å². The van der Waals surface area contributed by atoms with Crippen LogP contribution in [0.15, 0.2) is 0 Å². The number of ether oxygens (including phenoxy) is 1. The van der Waals surface area contributed by atoms with Crippen LogP contribution in [-0.4, -0.2) is 25.3 Å². The van der Waals surface area contributed by atoms with Gasteiger partial charge < -0.3 is 10.1 Å². The predicted octanol–water partition coefficient (Wildman–Crippen LogP) is 2.97. The molecule has 1 saturated heterocycles. The Morgan fingerprint density at radius 3 is 2.25 bits per heavy atom. The van der Waals surface area contributed by atoms with Gasteiger partial charge in [0.1, 0.15) is 0 Å². The summed E-state index contributed by atoms with van der Waals surface area (Å²) >= 11 is 0. The van der Waals surface area contributed by atoms with Gasteiger partial charge >= 0.3 is 0 Å². The van der Waals surface area contributed by atoms with E-state index >= 15 is 0 Å². The molecule has 16 heavy (non-hydrogen) atoms. The summed E-state index contributed by atoms with van der Waals surface area (Å²) in [5.74, 6) is 0.964. The van der Waals surface area contributed by atoms with Crippen molar-refractivity contribution in [3.63, 3.8) is 0 Å². The molecule has 0 aromatic rings. The van der Waals surface area contributed by atoms with Crippen molar-refractivity contribution in [2.75, 3.05) is 19.8 Å². The van der Waals surface area contributed by atoms with Gasteiger partial charge in [-0.2, -0.15) is 0 Å². The summed E-state index contributed by atoms with van der Waals surface area (Å²) in [6.07, 6.45) is 6.88. The highest BCUT2D eigenvalue weighted by Crippen LogP contribution is 2.47. The summed E-state index contributed by atoms with van der Waals surface area (Å²) in [5.41, 5.74) is 0.791. The number of hydrogen-bond acceptors (Lipinski definition) is 2. The smallest absolute Gasteiger partial charge is 0.0471 e. The first kappa shape index (κ1) is 12.4. The summed E-state index contributed by atoms with van der Waals surface area (Å²) in [4.78, 5) is 0. The van der Waals surface area contributed by atoms with Crippen molar-refractivity contribution in [1.82, 2.24) is 5.32 Å². The molecule has 0 amide bonds. The van der Waals surface area contributed by atoms with E-state index in [0.717, 1.165) is 19.1 Å². The standard InChI is InChI=1S/C14H27NO/c1-13(2,3)15-11-14(12-5-4-6-12)7-9-16-10-8-14/h12,15H,4-11H2,1-3H3. The molecule has 1 saturated carbocycles. The Bertz CT molecular complexity index is 221. The van der Waals surface area contributed by atoms with Crippen molar-refractivity contribution in [2.45, 2.75) is 58.4 Å². The van der Waals surface area contributed by atoms with Gasteiger partial charge in [-0.05, 0) is 57.8 Å². The predicted molar refractivity (Wildman–Crippen MR) is 67.6 cm³/mol. The summed E-state index contributed by atoms with van der Waals surface area (Å²) < 4.78 is 5.55. The lowest BCUT2D eigenvalue weighted by Crippen LogP contribution is -2.51. The van der Waals surface area contributed by atoms with Gasteiger partial charge in [0.2, 0.25) is 0 Å². The van der Waals surface area contributed by atoms with Gasteiger partial charge in [-0.3, -0.25) is 0 Å². The van der Waals surface area contributed by atoms with E-state index in [4.69, 9.17) is 4.74 Å². The van der Waals surface area contributed by atoms with Crippen LogP contribution in [-0.2, 0) is 4.74 Å². The van der Waals surface area contributed by atoms with E-state index in [2.05, 4.69) is 26.1 Å². The molecule has 0 radical (unpaired) electrons. The molecule has 2 aliphatic rings. The van der Waals surface area contributed by atoms with Gasteiger partial charge in [0.25, 0.3) is 0 Å². The van der Waals surface area contributed by atoms with Crippen LogP contribution in [0.2, 0.25) is 0 Å². The highest BCUT2D eigenvalue weighted by Gasteiger charge is 2.42. The first-order chi connectivity index (χ1) is 7.52. The molecule has 0 spiro atoms. The molecule has 0 bridgehead atoms. The number of nitrogens with one attached hydrogen (secondary N) is 1. The van der Waals surface area contributed by atoms with Crippen molar-refractivity contribution in [3.8, 4) is 0 Å². The maximum absolute atomic E-state index is 5.55. The molecule has 2 rings (SSSR count). The third kappa shape index (κ3) is 2.78. The topological polar surface area (TPSA) is 21.3 Å². The molecule has 1 heterocycles. The van der Waals surface area contributed by atoms with Crippen LogP contribution in [0.25, 0.3) is 0 Å². The Morgan fingerprint density at radius 1 is 1.19 bits per heavy atom. The van der Waals surface area contributed by atoms with Gasteiger partial charge in [-0.15, -0.1) is 0 Å². The molecule has 0 aromatic carbocycles. The summed E-state index contributed by atoms with van der Waals surface area (Å²) in [5, 5.41) is 3.73. The second kappa shape index (κ2) is 4.66. The normalized spacial score (nSPS) is 26.4. The lowest BCUT2D eigenvalue weighted by Gasteiger charge is -2.49. The molecule has 94 valence electrons. The molecule has 2 heteroatoms. The number of rotatable bonds is 3. The Labute approximate surface area is 100 Å². The molecule has 0 aromatic heterocycles. The van der Waals surface area contributed by atoms with Crippen molar-refractivity contribution in [1.29, 1.82) is 0 Å². The van der Waals surface area contributed by atoms with Crippen molar-refractivity contribution < 1.29 is 4.74 Å². The molecule has 0 unspecified atom stereocenters. The second-order valence-electron chi connectivity index (χ2n) is 6.71. The minimum absolute atomic E-state index is 0.245. The highest BCUT2D eigenvalue weighted by molar-refractivity contribution is 4.95. The van der Waals surface area contributed by atoms with Crippen molar-refractivity contribution in [3.05, 3.63) is 0 Å². The first-order valence-corrected chi connectivity index (χ1v) is 6.85. The second-order valence-corrected chi connectivity index (χ2v) is 6.71. The lowest BCUT2D eigenvalue weighted by atomic mass is 9.61. The van der Waals surface area contributed by atoms with Crippen molar-refractivity contribution in [2.24, 2.45) is 11.3 Å². The Morgan fingerprint density at radius 2 is 1.81 bits per heavy atom. The van der Waals surface area contributed by atoms with E-state index < -0.39 is 0 Å². The molecule has 0 atom stereocenters. The first-order valence-electron chi connectivity index (χ1n) is 6.85. The van der Waals surface area contributed by atoms with Crippen LogP contribution in [0.1, 0.15) is 52.9 Å². The summed E-state index contributed by atoms with van der Waals surface area (Å²) in [6, 6.07) is 0. The van der Waals surface area contributed by atoms with Crippen LogP contribution in [0, 0.1) is 11.3 Å². The molecule has 1 aliphatic carbocycles. The van der Waals surface area contributed by atoms with E-state index in [1.165, 1.54) is 38.6 Å². The van der Waals surface area contributed by atoms with Crippen LogP contribution >= 0.6 is 0 Å². The Kier molecular flexibility index (Phi) is 3.60. The molecular formula is C14H27NO. The van der Waals surface area contributed by atoms with Gasteiger partial charge in [0.15, 0.2) is 0 Å². The molecule has 2 fully saturated rings. The van der Waals surface area contributed by atoms with E-state index in [-0.39, 0.29) is 5.54 Å². The van der Waals surface area contributed by atoms with E-state index in [1.807, 2.05) is 0 Å². The molecular weight excluding hydrogens is 198 g/mol. The van der Waals surface area contributed by atoms with Crippen LogP contribution in [0.4, 0.5) is 0 Å². The third-order valence-corrected chi connectivity index (χ3v) is 4.43. The molecule has 1 N–H and O–H groups in total. The highest BCUT2D eigenvalue weighted by atomic mass is 16.5. The zero-order valence-electron chi connectivity index (χ0n) is 11.1. The average molecular weight is 225 g/mol. The Balaban J connectivity index is 1.96. The lowest BCUT2D eigenvalue weighted by molar-refractivity contribution is -0.0431. The van der Waals surface area contributed by atoms with E-state index in [1.54, 1.807) is 0 Å². The quantitative estimate of drug-likeness (QED) is 0.797. The van der Waals surface area contributed by atoms with Crippen molar-refractivity contribution >= 4 is 0 Å². The monoisotopic (exact) mass is 225 g/mol. The fourth-order valence-corrected chi connectivity index (χ4v) is 2.97. The van der Waals surface area contributed by atoms with E-state index in [9.17, 15) is 0 Å². The Hall–Kier alpha value is -0.0800. The summed E-state index contributed by atoms with van der Waals surface area (Å²) in [6.45, 7) is 9.93. The maximum atomic E-state index is 5.55. The van der Waals surface area contributed by atoms with Crippen LogP contribution in [0.3, 0.4) is 0 Å².